The highest BCUT2D eigenvalue weighted by atomic mass is 32.2. The lowest BCUT2D eigenvalue weighted by Gasteiger charge is -2.33. The Hall–Kier alpha value is -1.44. The molecule has 7 heteroatoms. The van der Waals surface area contributed by atoms with E-state index in [1.165, 1.54) is 39.7 Å². The predicted octanol–water partition coefficient (Wildman–Crippen LogP) is 5.54. The van der Waals surface area contributed by atoms with Gasteiger partial charge in [0.1, 0.15) is 4.83 Å². The van der Waals surface area contributed by atoms with Crippen LogP contribution in [0.25, 0.3) is 20.4 Å². The number of hydrogen-bond donors (Lipinski definition) is 0. The van der Waals surface area contributed by atoms with Crippen molar-refractivity contribution in [2.24, 2.45) is 0 Å². The van der Waals surface area contributed by atoms with Crippen molar-refractivity contribution in [2.75, 3.05) is 24.2 Å². The van der Waals surface area contributed by atoms with Crippen molar-refractivity contribution in [1.82, 2.24) is 15.0 Å². The summed E-state index contributed by atoms with van der Waals surface area (Å²) < 4.78 is 7.38. The summed E-state index contributed by atoms with van der Waals surface area (Å²) in [6, 6.07) is 0. The molecule has 0 unspecified atom stereocenters. The second-order valence-corrected chi connectivity index (χ2v) is 10.8. The quantitative estimate of drug-likeness (QED) is 0.403. The molecule has 3 aromatic heterocycles. The molecule has 0 aromatic carbocycles. The van der Waals surface area contributed by atoms with Crippen LogP contribution in [-0.4, -0.2) is 39.9 Å². The lowest BCUT2D eigenvalue weighted by molar-refractivity contribution is -0.0402. The van der Waals surface area contributed by atoms with Crippen molar-refractivity contribution >= 4 is 49.3 Å². The molecule has 0 spiro atoms. The molecule has 0 N–H and O–H groups in total. The van der Waals surface area contributed by atoms with Crippen molar-refractivity contribution in [3.8, 4) is 0 Å². The minimum atomic E-state index is -0.170. The number of ether oxygens (including phenoxy) is 1. The van der Waals surface area contributed by atoms with E-state index in [2.05, 4.69) is 38.9 Å². The Morgan fingerprint density at radius 3 is 2.55 bits per heavy atom. The fourth-order valence-corrected chi connectivity index (χ4v) is 6.11. The molecule has 5 nitrogen and oxygen atoms in total. The fourth-order valence-electron chi connectivity index (χ4n) is 4.58. The molecule has 1 saturated heterocycles. The third-order valence-electron chi connectivity index (χ3n) is 6.02. The summed E-state index contributed by atoms with van der Waals surface area (Å²) in [4.78, 5) is 18.6. The average Bonchev–Trinajstić information content (AvgIpc) is 3.33. The van der Waals surface area contributed by atoms with Gasteiger partial charge in [-0.05, 0) is 44.4 Å². The van der Waals surface area contributed by atoms with Gasteiger partial charge in [-0.2, -0.15) is 0 Å². The molecule has 0 bridgehead atoms. The van der Waals surface area contributed by atoms with Gasteiger partial charge in [0.05, 0.1) is 28.1 Å². The van der Waals surface area contributed by atoms with E-state index >= 15 is 0 Å². The zero-order valence-electron chi connectivity index (χ0n) is 17.8. The van der Waals surface area contributed by atoms with Crippen LogP contribution in [0.15, 0.2) is 5.16 Å². The molecule has 2 aliphatic rings. The lowest BCUT2D eigenvalue weighted by atomic mass is 9.87. The van der Waals surface area contributed by atoms with Gasteiger partial charge in [0, 0.05) is 30.5 Å². The summed E-state index contributed by atoms with van der Waals surface area (Å²) in [5.74, 6) is 1.47. The molecule has 3 aromatic rings. The number of thiophene rings is 1. The van der Waals surface area contributed by atoms with Crippen LogP contribution in [0.1, 0.15) is 63.3 Å². The van der Waals surface area contributed by atoms with Gasteiger partial charge in [0.2, 0.25) is 0 Å². The zero-order valence-corrected chi connectivity index (χ0v) is 19.5. The standard InChI is InChI=1S/C22H28N4OS2/c1-12(2)16-14-11-27-22(3,4)10-13(14)15-17-18(29-20(15)23-16)19(25-21(24-17)28-5)26-8-6-7-9-26/h12H,6-11H2,1-5H3. The van der Waals surface area contributed by atoms with Crippen molar-refractivity contribution in [1.29, 1.82) is 0 Å². The van der Waals surface area contributed by atoms with Crippen molar-refractivity contribution in [3.63, 3.8) is 0 Å². The molecule has 154 valence electrons. The first-order chi connectivity index (χ1) is 13.9. The first kappa shape index (κ1) is 19.5. The van der Waals surface area contributed by atoms with Crippen LogP contribution in [0.2, 0.25) is 0 Å². The maximum Gasteiger partial charge on any atom is 0.189 e. The summed E-state index contributed by atoms with van der Waals surface area (Å²) in [6.07, 6.45) is 5.43. The molecule has 0 aliphatic carbocycles. The molecule has 29 heavy (non-hydrogen) atoms. The number of aromatic nitrogens is 3. The number of hydrogen-bond acceptors (Lipinski definition) is 7. The number of fused-ring (bicyclic) bond motifs is 5. The van der Waals surface area contributed by atoms with Gasteiger partial charge >= 0.3 is 0 Å². The lowest BCUT2D eigenvalue weighted by Crippen LogP contribution is -2.33. The van der Waals surface area contributed by atoms with Crippen LogP contribution in [0.5, 0.6) is 0 Å². The van der Waals surface area contributed by atoms with Crippen LogP contribution in [-0.2, 0) is 17.8 Å². The molecule has 0 amide bonds. The van der Waals surface area contributed by atoms with Crippen LogP contribution < -0.4 is 4.90 Å². The largest absolute Gasteiger partial charge is 0.370 e. The van der Waals surface area contributed by atoms with E-state index in [0.29, 0.717) is 12.5 Å². The van der Waals surface area contributed by atoms with Crippen molar-refractivity contribution in [2.45, 2.75) is 70.2 Å². The number of anilines is 1. The summed E-state index contributed by atoms with van der Waals surface area (Å²) in [5.41, 5.74) is 4.76. The summed E-state index contributed by atoms with van der Waals surface area (Å²) in [7, 11) is 0. The van der Waals surface area contributed by atoms with E-state index in [0.717, 1.165) is 40.8 Å². The van der Waals surface area contributed by atoms with E-state index in [4.69, 9.17) is 19.7 Å². The van der Waals surface area contributed by atoms with Crippen LogP contribution in [0.4, 0.5) is 5.82 Å². The van der Waals surface area contributed by atoms with E-state index < -0.39 is 0 Å². The minimum absolute atomic E-state index is 0.170. The van der Waals surface area contributed by atoms with E-state index in [9.17, 15) is 0 Å². The fraction of sp³-hybridized carbons (Fsp3) is 0.591. The van der Waals surface area contributed by atoms with E-state index in [1.54, 1.807) is 23.1 Å². The maximum absolute atomic E-state index is 6.19. The molecular formula is C22H28N4OS2. The molecule has 0 saturated carbocycles. The molecule has 5 heterocycles. The van der Waals surface area contributed by atoms with Gasteiger partial charge in [-0.25, -0.2) is 15.0 Å². The molecule has 5 rings (SSSR count). The molecule has 2 aliphatic heterocycles. The monoisotopic (exact) mass is 428 g/mol. The number of nitrogens with zero attached hydrogens (tertiary/aromatic N) is 4. The van der Waals surface area contributed by atoms with E-state index in [1.807, 2.05) is 0 Å². The second-order valence-electron chi connectivity index (χ2n) is 9.02. The van der Waals surface area contributed by atoms with Crippen LogP contribution >= 0.6 is 23.1 Å². The Balaban J connectivity index is 1.86. The van der Waals surface area contributed by atoms with Gasteiger partial charge in [-0.1, -0.05) is 25.6 Å². The summed E-state index contributed by atoms with van der Waals surface area (Å²) >= 11 is 3.40. The first-order valence-electron chi connectivity index (χ1n) is 10.5. The summed E-state index contributed by atoms with van der Waals surface area (Å²) in [6.45, 7) is 11.6. The average molecular weight is 429 g/mol. The van der Waals surface area contributed by atoms with Crippen molar-refractivity contribution in [3.05, 3.63) is 16.8 Å². The minimum Gasteiger partial charge on any atom is -0.370 e. The van der Waals surface area contributed by atoms with Gasteiger partial charge in [-0.3, -0.25) is 0 Å². The second kappa shape index (κ2) is 7.06. The highest BCUT2D eigenvalue weighted by Gasteiger charge is 2.33. The number of thioether (sulfide) groups is 1. The Kier molecular flexibility index (Phi) is 4.76. The third-order valence-corrected chi connectivity index (χ3v) is 7.64. The Labute approximate surface area is 180 Å². The normalized spacial score (nSPS) is 18.9. The Bertz CT molecular complexity index is 1100. The Morgan fingerprint density at radius 2 is 1.86 bits per heavy atom. The predicted molar refractivity (Wildman–Crippen MR) is 123 cm³/mol. The highest BCUT2D eigenvalue weighted by Crippen LogP contribution is 2.44. The number of pyridine rings is 1. The van der Waals surface area contributed by atoms with E-state index in [-0.39, 0.29) is 5.60 Å². The number of rotatable bonds is 3. The zero-order chi connectivity index (χ0) is 20.3. The molecule has 0 radical (unpaired) electrons. The first-order valence-corrected chi connectivity index (χ1v) is 12.5. The topological polar surface area (TPSA) is 51.1 Å². The molecular weight excluding hydrogens is 400 g/mol. The summed E-state index contributed by atoms with van der Waals surface area (Å²) in [5, 5.41) is 2.09. The van der Waals surface area contributed by atoms with Crippen molar-refractivity contribution < 1.29 is 4.74 Å². The molecule has 1 fully saturated rings. The van der Waals surface area contributed by atoms with Gasteiger partial charge < -0.3 is 9.64 Å². The van der Waals surface area contributed by atoms with Crippen LogP contribution in [0, 0.1) is 0 Å². The third kappa shape index (κ3) is 3.22. The van der Waals surface area contributed by atoms with Gasteiger partial charge in [0.15, 0.2) is 11.0 Å². The van der Waals surface area contributed by atoms with Gasteiger partial charge in [0.25, 0.3) is 0 Å². The van der Waals surface area contributed by atoms with Crippen LogP contribution in [0.3, 0.4) is 0 Å². The SMILES string of the molecule is CSc1nc(N2CCCC2)c2sc3nc(C(C)C)c4c(c3c2n1)CC(C)(C)OC4. The maximum atomic E-state index is 6.19. The smallest absolute Gasteiger partial charge is 0.189 e. The molecule has 0 atom stereocenters. The van der Waals surface area contributed by atoms with Gasteiger partial charge in [-0.15, -0.1) is 11.3 Å². The Morgan fingerprint density at radius 1 is 1.10 bits per heavy atom. The highest BCUT2D eigenvalue weighted by molar-refractivity contribution is 7.98.